The Morgan fingerprint density at radius 2 is 2.10 bits per heavy atom. The Hall–Kier alpha value is -1.15. The monoisotopic (exact) mass is 320 g/mol. The van der Waals surface area contributed by atoms with Crippen molar-refractivity contribution in [3.63, 3.8) is 0 Å². The molecule has 6 nitrogen and oxygen atoms in total. The van der Waals surface area contributed by atoms with Gasteiger partial charge >= 0.3 is 5.97 Å². The molecule has 1 unspecified atom stereocenters. The fraction of sp³-hybridized carbons (Fsp3) is 0.417. The van der Waals surface area contributed by atoms with Gasteiger partial charge in [-0.15, -0.1) is 0 Å². The Balaban J connectivity index is 3.14. The number of methoxy groups -OCH3 is 1. The molecule has 0 saturated carbocycles. The molecule has 1 aromatic carbocycles. The smallest absolute Gasteiger partial charge is 0.339 e. The number of hydrogen-bond donors (Lipinski definition) is 2. The van der Waals surface area contributed by atoms with Gasteiger partial charge in [0.2, 0.25) is 10.0 Å². The van der Waals surface area contributed by atoms with Crippen molar-refractivity contribution in [2.45, 2.75) is 17.9 Å². The van der Waals surface area contributed by atoms with E-state index in [4.69, 9.17) is 11.6 Å². The van der Waals surface area contributed by atoms with Crippen LogP contribution in [-0.2, 0) is 14.8 Å². The second-order valence-electron chi connectivity index (χ2n) is 4.17. The standard InChI is InChI=1S/C12H17ClN2O4S/c1-8(14-2)7-15-20(17,18)11-5-4-9(13)6-10(11)12(16)19-3/h4-6,8,14-15H,7H2,1-3H3. The maximum absolute atomic E-state index is 12.2. The predicted molar refractivity (Wildman–Crippen MR) is 76.5 cm³/mol. The number of benzene rings is 1. The first-order valence-electron chi connectivity index (χ1n) is 5.86. The van der Waals surface area contributed by atoms with Crippen LogP contribution in [0.25, 0.3) is 0 Å². The van der Waals surface area contributed by atoms with Crippen molar-refractivity contribution in [2.24, 2.45) is 0 Å². The molecule has 0 fully saturated rings. The minimum atomic E-state index is -3.82. The molecule has 1 atom stereocenters. The SMILES string of the molecule is CNC(C)CNS(=O)(=O)c1ccc(Cl)cc1C(=O)OC. The minimum absolute atomic E-state index is 0.0429. The zero-order valence-corrected chi connectivity index (χ0v) is 13.0. The lowest BCUT2D eigenvalue weighted by Gasteiger charge is -2.14. The molecule has 112 valence electrons. The molecule has 0 saturated heterocycles. The molecular weight excluding hydrogens is 304 g/mol. The topological polar surface area (TPSA) is 84.5 Å². The normalized spacial score (nSPS) is 13.0. The van der Waals surface area contributed by atoms with E-state index in [0.29, 0.717) is 0 Å². The molecule has 2 N–H and O–H groups in total. The van der Waals surface area contributed by atoms with Gasteiger partial charge in [0.15, 0.2) is 0 Å². The van der Waals surface area contributed by atoms with Gasteiger partial charge in [0.1, 0.15) is 0 Å². The molecule has 0 radical (unpaired) electrons. The predicted octanol–water partition coefficient (Wildman–Crippen LogP) is 1.01. The van der Waals surface area contributed by atoms with E-state index in [2.05, 4.69) is 14.8 Å². The number of carbonyl (C=O) groups excluding carboxylic acids is 1. The number of likely N-dealkylation sites (N-methyl/N-ethyl adjacent to an activating group) is 1. The Bertz CT molecular complexity index is 589. The highest BCUT2D eigenvalue weighted by Gasteiger charge is 2.23. The van der Waals surface area contributed by atoms with E-state index in [-0.39, 0.29) is 28.1 Å². The third-order valence-electron chi connectivity index (χ3n) is 2.71. The first-order valence-corrected chi connectivity index (χ1v) is 7.72. The number of sulfonamides is 1. The van der Waals surface area contributed by atoms with Gasteiger partial charge in [-0.05, 0) is 32.2 Å². The average Bonchev–Trinajstić information content (AvgIpc) is 2.43. The second kappa shape index (κ2) is 7.03. The lowest BCUT2D eigenvalue weighted by atomic mass is 10.2. The molecule has 0 heterocycles. The quantitative estimate of drug-likeness (QED) is 0.764. The molecule has 0 spiro atoms. The van der Waals surface area contributed by atoms with E-state index < -0.39 is 16.0 Å². The molecule has 0 bridgehead atoms. The molecule has 20 heavy (non-hydrogen) atoms. The van der Waals surface area contributed by atoms with Crippen molar-refractivity contribution in [3.8, 4) is 0 Å². The summed E-state index contributed by atoms with van der Waals surface area (Å²) < 4.78 is 31.4. The summed E-state index contributed by atoms with van der Waals surface area (Å²) in [5.74, 6) is -0.755. The maximum Gasteiger partial charge on any atom is 0.339 e. The van der Waals surface area contributed by atoms with Crippen molar-refractivity contribution in [1.29, 1.82) is 0 Å². The summed E-state index contributed by atoms with van der Waals surface area (Å²) in [6.07, 6.45) is 0. The second-order valence-corrected chi connectivity index (χ2v) is 6.35. The van der Waals surface area contributed by atoms with Crippen LogP contribution in [0.3, 0.4) is 0 Å². The molecule has 0 amide bonds. The van der Waals surface area contributed by atoms with Gasteiger partial charge in [0, 0.05) is 17.6 Å². The highest BCUT2D eigenvalue weighted by atomic mass is 35.5. The van der Waals surface area contributed by atoms with Crippen LogP contribution in [0.15, 0.2) is 23.1 Å². The van der Waals surface area contributed by atoms with Crippen LogP contribution in [0.5, 0.6) is 0 Å². The summed E-state index contributed by atoms with van der Waals surface area (Å²) in [6, 6.07) is 3.91. The lowest BCUT2D eigenvalue weighted by molar-refractivity contribution is 0.0596. The van der Waals surface area contributed by atoms with E-state index in [9.17, 15) is 13.2 Å². The summed E-state index contributed by atoms with van der Waals surface area (Å²) in [4.78, 5) is 11.5. The zero-order chi connectivity index (χ0) is 15.3. The van der Waals surface area contributed by atoms with Crippen LogP contribution < -0.4 is 10.0 Å². The number of hydrogen-bond acceptors (Lipinski definition) is 5. The third kappa shape index (κ3) is 4.17. The first-order chi connectivity index (χ1) is 9.31. The van der Waals surface area contributed by atoms with Gasteiger partial charge in [0.25, 0.3) is 0 Å². The van der Waals surface area contributed by atoms with Gasteiger partial charge in [-0.1, -0.05) is 11.6 Å². The fourth-order valence-electron chi connectivity index (χ4n) is 1.42. The van der Waals surface area contributed by atoms with Crippen LogP contribution in [0, 0.1) is 0 Å². The number of ether oxygens (including phenoxy) is 1. The number of carbonyl (C=O) groups is 1. The number of nitrogens with one attached hydrogen (secondary N) is 2. The molecule has 0 aromatic heterocycles. The minimum Gasteiger partial charge on any atom is -0.465 e. The van der Waals surface area contributed by atoms with Crippen LogP contribution in [0.2, 0.25) is 5.02 Å². The van der Waals surface area contributed by atoms with Crippen LogP contribution in [-0.4, -0.2) is 41.1 Å². The molecular formula is C12H17ClN2O4S. The van der Waals surface area contributed by atoms with Crippen LogP contribution >= 0.6 is 11.6 Å². The summed E-state index contributed by atoms with van der Waals surface area (Å²) in [5.41, 5.74) is -0.0930. The molecule has 8 heteroatoms. The third-order valence-corrected chi connectivity index (χ3v) is 4.43. The van der Waals surface area contributed by atoms with Crippen molar-refractivity contribution in [1.82, 2.24) is 10.0 Å². The van der Waals surface area contributed by atoms with Crippen LogP contribution in [0.1, 0.15) is 17.3 Å². The number of halogens is 1. The van der Waals surface area contributed by atoms with E-state index in [1.165, 1.54) is 25.3 Å². The van der Waals surface area contributed by atoms with Gasteiger partial charge in [0.05, 0.1) is 17.6 Å². The number of esters is 1. The molecule has 1 aromatic rings. The van der Waals surface area contributed by atoms with E-state index in [1.807, 2.05) is 6.92 Å². The highest BCUT2D eigenvalue weighted by Crippen LogP contribution is 2.21. The maximum atomic E-state index is 12.2. The average molecular weight is 321 g/mol. The van der Waals surface area contributed by atoms with Gasteiger partial charge in [-0.2, -0.15) is 0 Å². The lowest BCUT2D eigenvalue weighted by Crippen LogP contribution is -2.37. The summed E-state index contributed by atoms with van der Waals surface area (Å²) in [5, 5.41) is 3.16. The highest BCUT2D eigenvalue weighted by molar-refractivity contribution is 7.89. The summed E-state index contributed by atoms with van der Waals surface area (Å²) in [6.45, 7) is 2.02. The van der Waals surface area contributed by atoms with Crippen LogP contribution in [0.4, 0.5) is 0 Å². The Morgan fingerprint density at radius 3 is 2.65 bits per heavy atom. The summed E-state index contributed by atoms with van der Waals surface area (Å²) >= 11 is 5.78. The fourth-order valence-corrected chi connectivity index (χ4v) is 2.90. The number of rotatable bonds is 6. The molecule has 0 aliphatic carbocycles. The molecule has 0 aliphatic heterocycles. The molecule has 1 rings (SSSR count). The Labute approximate surface area is 123 Å². The zero-order valence-electron chi connectivity index (χ0n) is 11.4. The van der Waals surface area contributed by atoms with Gasteiger partial charge < -0.3 is 10.1 Å². The largest absolute Gasteiger partial charge is 0.465 e. The Morgan fingerprint density at radius 1 is 1.45 bits per heavy atom. The van der Waals surface area contributed by atoms with Crippen molar-refractivity contribution >= 4 is 27.6 Å². The van der Waals surface area contributed by atoms with Gasteiger partial charge in [-0.3, -0.25) is 0 Å². The Kier molecular flexibility index (Phi) is 5.94. The van der Waals surface area contributed by atoms with Crippen molar-refractivity contribution in [2.75, 3.05) is 20.7 Å². The first kappa shape index (κ1) is 16.9. The van der Waals surface area contributed by atoms with E-state index >= 15 is 0 Å². The molecule has 0 aliphatic rings. The van der Waals surface area contributed by atoms with E-state index in [1.54, 1.807) is 7.05 Å². The van der Waals surface area contributed by atoms with Gasteiger partial charge in [-0.25, -0.2) is 17.9 Å². The van der Waals surface area contributed by atoms with E-state index in [0.717, 1.165) is 0 Å². The van der Waals surface area contributed by atoms with Crippen molar-refractivity contribution in [3.05, 3.63) is 28.8 Å². The summed E-state index contributed by atoms with van der Waals surface area (Å²) in [7, 11) is -0.917. The van der Waals surface area contributed by atoms with Crippen molar-refractivity contribution < 1.29 is 17.9 Å².